The molecule has 1 fully saturated rings. The van der Waals surface area contributed by atoms with E-state index in [0.29, 0.717) is 18.2 Å². The number of amides is 1. The number of thioether (sulfide) groups is 1. The molecular weight excluding hydrogens is 358 g/mol. The standard InChI is InChI=1S/C21H23N3O2S/c1-24-18-10-4-3-9-17(18)23-20(24)13-22-21(25)16-8-2-5-11-19(16)27-14-15-7-6-12-26-15/h2-5,8-11,15H,6-7,12-14H2,1H3,(H,22,25)/t15-/m0/s1. The number of imidazole rings is 1. The summed E-state index contributed by atoms with van der Waals surface area (Å²) in [5.41, 5.74) is 2.71. The first-order valence-electron chi connectivity index (χ1n) is 9.24. The Morgan fingerprint density at radius 3 is 2.89 bits per heavy atom. The zero-order valence-electron chi connectivity index (χ0n) is 15.4. The van der Waals surface area contributed by atoms with E-state index >= 15 is 0 Å². The lowest BCUT2D eigenvalue weighted by molar-refractivity contribution is 0.0946. The van der Waals surface area contributed by atoms with E-state index in [1.165, 1.54) is 0 Å². The minimum Gasteiger partial charge on any atom is -0.377 e. The van der Waals surface area contributed by atoms with Crippen molar-refractivity contribution in [3.8, 4) is 0 Å². The molecule has 0 saturated carbocycles. The van der Waals surface area contributed by atoms with Gasteiger partial charge in [0, 0.05) is 24.3 Å². The molecule has 1 aliphatic rings. The molecule has 1 saturated heterocycles. The van der Waals surface area contributed by atoms with E-state index in [2.05, 4.69) is 10.3 Å². The number of fused-ring (bicyclic) bond motifs is 1. The summed E-state index contributed by atoms with van der Waals surface area (Å²) in [6, 6.07) is 15.7. The molecule has 1 N–H and O–H groups in total. The zero-order valence-corrected chi connectivity index (χ0v) is 16.2. The van der Waals surface area contributed by atoms with Crippen LogP contribution >= 0.6 is 11.8 Å². The van der Waals surface area contributed by atoms with Crippen LogP contribution in [0.15, 0.2) is 53.4 Å². The molecule has 4 rings (SSSR count). The van der Waals surface area contributed by atoms with Crippen molar-refractivity contribution < 1.29 is 9.53 Å². The molecule has 140 valence electrons. The first-order valence-corrected chi connectivity index (χ1v) is 10.2. The third kappa shape index (κ3) is 4.01. The Bertz CT molecular complexity index is 948. The van der Waals surface area contributed by atoms with Crippen molar-refractivity contribution in [1.82, 2.24) is 14.9 Å². The van der Waals surface area contributed by atoms with Gasteiger partial charge in [-0.2, -0.15) is 0 Å². The monoisotopic (exact) mass is 381 g/mol. The van der Waals surface area contributed by atoms with Crippen LogP contribution in [0.25, 0.3) is 11.0 Å². The van der Waals surface area contributed by atoms with Gasteiger partial charge in [0.1, 0.15) is 5.82 Å². The molecule has 0 bridgehead atoms. The fourth-order valence-corrected chi connectivity index (χ4v) is 4.47. The van der Waals surface area contributed by atoms with Crippen molar-refractivity contribution in [3.05, 3.63) is 59.9 Å². The normalized spacial score (nSPS) is 16.7. The van der Waals surface area contributed by atoms with Crippen LogP contribution in [0.4, 0.5) is 0 Å². The number of carbonyl (C=O) groups is 1. The summed E-state index contributed by atoms with van der Waals surface area (Å²) in [5.74, 6) is 1.65. The third-order valence-corrected chi connectivity index (χ3v) is 6.07. The molecule has 0 spiro atoms. The topological polar surface area (TPSA) is 56.2 Å². The largest absolute Gasteiger partial charge is 0.377 e. The van der Waals surface area contributed by atoms with E-state index in [1.807, 2.05) is 60.1 Å². The number of para-hydroxylation sites is 2. The lowest BCUT2D eigenvalue weighted by Gasteiger charge is -2.12. The predicted octanol–water partition coefficient (Wildman–Crippen LogP) is 3.77. The Hall–Kier alpha value is -2.31. The second kappa shape index (κ2) is 8.15. The lowest BCUT2D eigenvalue weighted by Crippen LogP contribution is -2.25. The van der Waals surface area contributed by atoms with Gasteiger partial charge in [-0.1, -0.05) is 24.3 Å². The summed E-state index contributed by atoms with van der Waals surface area (Å²) in [6.07, 6.45) is 2.53. The average Bonchev–Trinajstić information content (AvgIpc) is 3.33. The molecule has 2 aromatic carbocycles. The summed E-state index contributed by atoms with van der Waals surface area (Å²) in [4.78, 5) is 18.4. The SMILES string of the molecule is Cn1c(CNC(=O)c2ccccc2SC[C@@H]2CCCO2)nc2ccccc21. The maximum Gasteiger partial charge on any atom is 0.252 e. The van der Waals surface area contributed by atoms with Gasteiger partial charge in [0.2, 0.25) is 0 Å². The average molecular weight is 382 g/mol. The van der Waals surface area contributed by atoms with Crippen LogP contribution < -0.4 is 5.32 Å². The summed E-state index contributed by atoms with van der Waals surface area (Å²) in [5, 5.41) is 3.02. The van der Waals surface area contributed by atoms with Gasteiger partial charge in [0.15, 0.2) is 0 Å². The van der Waals surface area contributed by atoms with Gasteiger partial charge in [0.05, 0.1) is 29.2 Å². The van der Waals surface area contributed by atoms with Crippen molar-refractivity contribution in [2.75, 3.05) is 12.4 Å². The second-order valence-electron chi connectivity index (χ2n) is 6.70. The first-order chi connectivity index (χ1) is 13.2. The van der Waals surface area contributed by atoms with E-state index < -0.39 is 0 Å². The number of carbonyl (C=O) groups excluding carboxylic acids is 1. The fraction of sp³-hybridized carbons (Fsp3) is 0.333. The summed E-state index contributed by atoms with van der Waals surface area (Å²) in [7, 11) is 1.97. The molecule has 1 aliphatic heterocycles. The second-order valence-corrected chi connectivity index (χ2v) is 7.76. The quantitative estimate of drug-likeness (QED) is 0.661. The van der Waals surface area contributed by atoms with Crippen molar-refractivity contribution in [1.29, 1.82) is 0 Å². The number of benzene rings is 2. The number of rotatable bonds is 6. The number of aromatic nitrogens is 2. The van der Waals surface area contributed by atoms with Crippen molar-refractivity contribution in [3.63, 3.8) is 0 Å². The lowest BCUT2D eigenvalue weighted by atomic mass is 10.2. The highest BCUT2D eigenvalue weighted by atomic mass is 32.2. The Labute approximate surface area is 163 Å². The fourth-order valence-electron chi connectivity index (χ4n) is 3.35. The van der Waals surface area contributed by atoms with Crippen LogP contribution in [-0.4, -0.2) is 33.9 Å². The highest BCUT2D eigenvalue weighted by Gasteiger charge is 2.18. The van der Waals surface area contributed by atoms with E-state index in [0.717, 1.165) is 47.0 Å². The molecule has 27 heavy (non-hydrogen) atoms. The Morgan fingerprint density at radius 1 is 1.26 bits per heavy atom. The zero-order chi connectivity index (χ0) is 18.6. The number of hydrogen-bond acceptors (Lipinski definition) is 4. The smallest absolute Gasteiger partial charge is 0.252 e. The molecule has 1 amide bonds. The highest BCUT2D eigenvalue weighted by molar-refractivity contribution is 7.99. The van der Waals surface area contributed by atoms with Crippen LogP contribution in [0.5, 0.6) is 0 Å². The van der Waals surface area contributed by atoms with E-state index in [-0.39, 0.29) is 5.91 Å². The molecular formula is C21H23N3O2S. The number of aryl methyl sites for hydroxylation is 1. The summed E-state index contributed by atoms with van der Waals surface area (Å²) in [6.45, 7) is 1.25. The van der Waals surface area contributed by atoms with E-state index in [4.69, 9.17) is 4.74 Å². The molecule has 0 unspecified atom stereocenters. The van der Waals surface area contributed by atoms with Gasteiger partial charge in [-0.15, -0.1) is 11.8 Å². The minimum atomic E-state index is -0.0718. The van der Waals surface area contributed by atoms with Gasteiger partial charge < -0.3 is 14.6 Å². The Kier molecular flexibility index (Phi) is 5.45. The van der Waals surface area contributed by atoms with Crippen molar-refractivity contribution >= 4 is 28.7 Å². The Balaban J connectivity index is 1.44. The number of hydrogen-bond donors (Lipinski definition) is 1. The number of nitrogens with zero attached hydrogens (tertiary/aromatic N) is 2. The molecule has 3 aromatic rings. The Morgan fingerprint density at radius 2 is 2.07 bits per heavy atom. The molecule has 2 heterocycles. The summed E-state index contributed by atoms with van der Waals surface area (Å²) < 4.78 is 7.71. The van der Waals surface area contributed by atoms with Gasteiger partial charge in [-0.05, 0) is 37.1 Å². The van der Waals surface area contributed by atoms with E-state index in [1.54, 1.807) is 11.8 Å². The highest BCUT2D eigenvalue weighted by Crippen LogP contribution is 2.26. The van der Waals surface area contributed by atoms with Crippen LogP contribution in [0.2, 0.25) is 0 Å². The van der Waals surface area contributed by atoms with Crippen LogP contribution in [0.3, 0.4) is 0 Å². The maximum atomic E-state index is 12.8. The van der Waals surface area contributed by atoms with Gasteiger partial charge >= 0.3 is 0 Å². The van der Waals surface area contributed by atoms with Crippen molar-refractivity contribution in [2.24, 2.45) is 7.05 Å². The molecule has 5 nitrogen and oxygen atoms in total. The predicted molar refractivity (Wildman–Crippen MR) is 108 cm³/mol. The molecule has 1 atom stereocenters. The molecule has 1 aromatic heterocycles. The number of nitrogens with one attached hydrogen (secondary N) is 1. The molecule has 0 radical (unpaired) electrons. The van der Waals surface area contributed by atoms with Crippen LogP contribution in [0.1, 0.15) is 29.0 Å². The third-order valence-electron chi connectivity index (χ3n) is 4.87. The molecule has 6 heteroatoms. The summed E-state index contributed by atoms with van der Waals surface area (Å²) >= 11 is 1.69. The van der Waals surface area contributed by atoms with Crippen LogP contribution in [-0.2, 0) is 18.3 Å². The van der Waals surface area contributed by atoms with Gasteiger partial charge in [-0.25, -0.2) is 4.98 Å². The maximum absolute atomic E-state index is 12.8. The van der Waals surface area contributed by atoms with E-state index in [9.17, 15) is 4.79 Å². The molecule has 0 aliphatic carbocycles. The van der Waals surface area contributed by atoms with Gasteiger partial charge in [0.25, 0.3) is 5.91 Å². The first kappa shape index (κ1) is 18.1. The van der Waals surface area contributed by atoms with Crippen LogP contribution in [0, 0.1) is 0 Å². The van der Waals surface area contributed by atoms with Gasteiger partial charge in [-0.3, -0.25) is 4.79 Å². The number of ether oxygens (including phenoxy) is 1. The minimum absolute atomic E-state index is 0.0718. The van der Waals surface area contributed by atoms with Crippen molar-refractivity contribution in [2.45, 2.75) is 30.4 Å².